The lowest BCUT2D eigenvalue weighted by atomic mass is 10.3. The fourth-order valence-corrected chi connectivity index (χ4v) is 1.82. The fraction of sp³-hybridized carbons (Fsp3) is 0.727. The molecule has 0 aliphatic carbocycles. The molecule has 0 unspecified atom stereocenters. The Balaban J connectivity index is 2.13. The third-order valence-corrected chi connectivity index (χ3v) is 2.79. The van der Waals surface area contributed by atoms with E-state index in [1.807, 2.05) is 0 Å². The number of primary amides is 1. The number of nitrogens with two attached hydrogens (primary N) is 1. The first-order valence-electron chi connectivity index (χ1n) is 6.32. The van der Waals surface area contributed by atoms with Gasteiger partial charge in [0.15, 0.2) is 0 Å². The van der Waals surface area contributed by atoms with E-state index in [9.17, 15) is 14.4 Å². The van der Waals surface area contributed by atoms with Gasteiger partial charge in [0.2, 0.25) is 5.91 Å². The molecule has 0 spiro atoms. The zero-order chi connectivity index (χ0) is 15.0. The Labute approximate surface area is 116 Å². The second kappa shape index (κ2) is 8.33. The van der Waals surface area contributed by atoms with Crippen LogP contribution in [0.4, 0.5) is 4.79 Å². The number of piperazine rings is 1. The van der Waals surface area contributed by atoms with Crippen LogP contribution in [0.3, 0.4) is 0 Å². The van der Waals surface area contributed by atoms with Crippen LogP contribution in [0.1, 0.15) is 0 Å². The van der Waals surface area contributed by atoms with Gasteiger partial charge in [-0.05, 0) is 0 Å². The molecule has 1 aliphatic heterocycles. The van der Waals surface area contributed by atoms with Crippen molar-refractivity contribution in [2.75, 3.05) is 52.5 Å². The van der Waals surface area contributed by atoms with Gasteiger partial charge >= 0.3 is 12.0 Å². The number of carbonyl (C=O) groups excluding carboxylic acids is 2. The van der Waals surface area contributed by atoms with Crippen LogP contribution in [-0.4, -0.2) is 85.3 Å². The normalized spacial score (nSPS) is 15.9. The molecule has 0 saturated carbocycles. The number of urea groups is 1. The molecule has 0 bridgehead atoms. The van der Waals surface area contributed by atoms with Gasteiger partial charge in [0, 0.05) is 32.7 Å². The topological polar surface area (TPSA) is 125 Å². The van der Waals surface area contributed by atoms with Crippen LogP contribution >= 0.6 is 0 Å². The average Bonchev–Trinajstić information content (AvgIpc) is 2.38. The van der Waals surface area contributed by atoms with Gasteiger partial charge in [0.25, 0.3) is 0 Å². The SMILES string of the molecule is NC(=O)COCCNC(=O)N1CCN(CC(=O)O)CC1. The summed E-state index contributed by atoms with van der Waals surface area (Å²) in [6.45, 7) is 2.40. The Morgan fingerprint density at radius 1 is 1.20 bits per heavy atom. The molecule has 4 N–H and O–H groups in total. The predicted octanol–water partition coefficient (Wildman–Crippen LogP) is -2.10. The van der Waals surface area contributed by atoms with E-state index >= 15 is 0 Å². The minimum Gasteiger partial charge on any atom is -0.480 e. The minimum absolute atomic E-state index is 0.00356. The van der Waals surface area contributed by atoms with Gasteiger partial charge < -0.3 is 25.8 Å². The van der Waals surface area contributed by atoms with E-state index in [1.54, 1.807) is 9.80 Å². The largest absolute Gasteiger partial charge is 0.480 e. The monoisotopic (exact) mass is 288 g/mol. The zero-order valence-electron chi connectivity index (χ0n) is 11.2. The van der Waals surface area contributed by atoms with E-state index < -0.39 is 11.9 Å². The van der Waals surface area contributed by atoms with E-state index in [0.29, 0.717) is 32.7 Å². The molecule has 9 heteroatoms. The lowest BCUT2D eigenvalue weighted by molar-refractivity contribution is -0.138. The highest BCUT2D eigenvalue weighted by Gasteiger charge is 2.21. The van der Waals surface area contributed by atoms with E-state index in [4.69, 9.17) is 15.6 Å². The van der Waals surface area contributed by atoms with Crippen molar-refractivity contribution >= 4 is 17.9 Å². The summed E-state index contributed by atoms with van der Waals surface area (Å²) in [4.78, 5) is 36.1. The van der Waals surface area contributed by atoms with Crippen LogP contribution in [0.25, 0.3) is 0 Å². The number of carbonyl (C=O) groups is 3. The predicted molar refractivity (Wildman–Crippen MR) is 69.1 cm³/mol. The standard InChI is InChI=1S/C11H20N4O5/c12-9(16)8-20-6-1-13-11(19)15-4-2-14(3-5-15)7-10(17)18/h1-8H2,(H2,12,16)(H,13,19)(H,17,18). The number of amides is 3. The minimum atomic E-state index is -0.866. The average molecular weight is 288 g/mol. The molecule has 0 atom stereocenters. The lowest BCUT2D eigenvalue weighted by Crippen LogP contribution is -2.52. The van der Waals surface area contributed by atoms with Crippen molar-refractivity contribution in [1.82, 2.24) is 15.1 Å². The highest BCUT2D eigenvalue weighted by atomic mass is 16.5. The summed E-state index contributed by atoms with van der Waals surface area (Å²) in [5, 5.41) is 11.3. The molecule has 1 rings (SSSR count). The molecular formula is C11H20N4O5. The fourth-order valence-electron chi connectivity index (χ4n) is 1.82. The molecule has 9 nitrogen and oxygen atoms in total. The molecular weight excluding hydrogens is 268 g/mol. The maximum Gasteiger partial charge on any atom is 0.317 e. The molecule has 3 amide bonds. The molecule has 1 saturated heterocycles. The maximum absolute atomic E-state index is 11.8. The second-order valence-corrected chi connectivity index (χ2v) is 4.41. The Morgan fingerprint density at radius 2 is 1.85 bits per heavy atom. The van der Waals surface area contributed by atoms with Crippen molar-refractivity contribution in [3.63, 3.8) is 0 Å². The number of nitrogens with zero attached hydrogens (tertiary/aromatic N) is 2. The number of rotatable bonds is 7. The number of nitrogens with one attached hydrogen (secondary N) is 1. The van der Waals surface area contributed by atoms with Crippen molar-refractivity contribution in [1.29, 1.82) is 0 Å². The molecule has 114 valence electrons. The van der Waals surface area contributed by atoms with Crippen molar-refractivity contribution < 1.29 is 24.2 Å². The zero-order valence-corrected chi connectivity index (χ0v) is 11.2. The van der Waals surface area contributed by atoms with Crippen LogP contribution in [0.15, 0.2) is 0 Å². The highest BCUT2D eigenvalue weighted by molar-refractivity contribution is 5.75. The summed E-state index contributed by atoms with van der Waals surface area (Å²) in [6, 6.07) is -0.220. The van der Waals surface area contributed by atoms with Gasteiger partial charge in [-0.3, -0.25) is 14.5 Å². The summed E-state index contributed by atoms with van der Waals surface area (Å²) in [5.74, 6) is -1.42. The van der Waals surface area contributed by atoms with Gasteiger partial charge in [-0.25, -0.2) is 4.79 Å². The Kier molecular flexibility index (Phi) is 6.74. The summed E-state index contributed by atoms with van der Waals surface area (Å²) in [5.41, 5.74) is 4.89. The van der Waals surface area contributed by atoms with Gasteiger partial charge in [-0.1, -0.05) is 0 Å². The third-order valence-electron chi connectivity index (χ3n) is 2.79. The third kappa shape index (κ3) is 6.34. The van der Waals surface area contributed by atoms with Crippen LogP contribution in [-0.2, 0) is 14.3 Å². The second-order valence-electron chi connectivity index (χ2n) is 4.41. The Morgan fingerprint density at radius 3 is 2.40 bits per heavy atom. The van der Waals surface area contributed by atoms with Crippen LogP contribution in [0, 0.1) is 0 Å². The smallest absolute Gasteiger partial charge is 0.317 e. The van der Waals surface area contributed by atoms with Crippen molar-refractivity contribution in [2.45, 2.75) is 0 Å². The van der Waals surface area contributed by atoms with E-state index in [-0.39, 0.29) is 25.8 Å². The van der Waals surface area contributed by atoms with Crippen LogP contribution < -0.4 is 11.1 Å². The number of ether oxygens (including phenoxy) is 1. The molecule has 0 radical (unpaired) electrons. The van der Waals surface area contributed by atoms with Gasteiger partial charge in [-0.15, -0.1) is 0 Å². The van der Waals surface area contributed by atoms with E-state index in [0.717, 1.165) is 0 Å². The van der Waals surface area contributed by atoms with E-state index in [1.165, 1.54) is 0 Å². The molecule has 1 aliphatic rings. The first kappa shape index (κ1) is 16.2. The first-order valence-corrected chi connectivity index (χ1v) is 6.32. The van der Waals surface area contributed by atoms with Crippen molar-refractivity contribution in [2.24, 2.45) is 5.73 Å². The molecule has 0 aromatic heterocycles. The highest BCUT2D eigenvalue weighted by Crippen LogP contribution is 2.01. The Bertz CT molecular complexity index is 355. The number of carboxylic acid groups (broad SMARTS) is 1. The van der Waals surface area contributed by atoms with Gasteiger partial charge in [-0.2, -0.15) is 0 Å². The van der Waals surface area contributed by atoms with Gasteiger partial charge in [0.1, 0.15) is 6.61 Å². The summed E-state index contributed by atoms with van der Waals surface area (Å²) < 4.78 is 4.91. The first-order chi connectivity index (χ1) is 9.49. The van der Waals surface area contributed by atoms with Crippen LogP contribution in [0.5, 0.6) is 0 Å². The number of carboxylic acids is 1. The molecule has 20 heavy (non-hydrogen) atoms. The number of aliphatic carboxylic acids is 1. The number of hydrogen-bond donors (Lipinski definition) is 3. The summed E-state index contributed by atoms with van der Waals surface area (Å²) in [7, 11) is 0. The summed E-state index contributed by atoms with van der Waals surface area (Å²) >= 11 is 0. The summed E-state index contributed by atoms with van der Waals surface area (Å²) in [6.07, 6.45) is 0. The molecule has 1 heterocycles. The lowest BCUT2D eigenvalue weighted by Gasteiger charge is -2.33. The molecule has 1 fully saturated rings. The quantitative estimate of drug-likeness (QED) is 0.461. The number of hydrogen-bond acceptors (Lipinski definition) is 5. The van der Waals surface area contributed by atoms with Crippen molar-refractivity contribution in [3.05, 3.63) is 0 Å². The molecule has 0 aromatic rings. The van der Waals surface area contributed by atoms with Crippen LogP contribution in [0.2, 0.25) is 0 Å². The van der Waals surface area contributed by atoms with E-state index in [2.05, 4.69) is 5.32 Å². The molecule has 0 aromatic carbocycles. The van der Waals surface area contributed by atoms with Gasteiger partial charge in [0.05, 0.1) is 13.2 Å². The maximum atomic E-state index is 11.8. The Hall–Kier alpha value is -1.87. The van der Waals surface area contributed by atoms with Crippen molar-refractivity contribution in [3.8, 4) is 0 Å².